The van der Waals surface area contributed by atoms with E-state index in [4.69, 9.17) is 5.73 Å². The lowest BCUT2D eigenvalue weighted by molar-refractivity contribution is 1.05. The number of nitrogen functional groups attached to an aromatic ring is 1. The molecule has 0 atom stereocenters. The number of pyridine rings is 2. The van der Waals surface area contributed by atoms with E-state index in [1.807, 2.05) is 47.4 Å². The maximum atomic E-state index is 6.11. The summed E-state index contributed by atoms with van der Waals surface area (Å²) in [5.74, 6) is 0.846. The highest BCUT2D eigenvalue weighted by molar-refractivity contribution is 14.1. The van der Waals surface area contributed by atoms with Crippen molar-refractivity contribution in [2.45, 2.75) is 0 Å². The van der Waals surface area contributed by atoms with Gasteiger partial charge in [0, 0.05) is 44.0 Å². The normalized spacial score (nSPS) is 11.3. The number of hydrogen-bond donors (Lipinski definition) is 1. The summed E-state index contributed by atoms with van der Waals surface area (Å²) in [5.41, 5.74) is 7.91. The smallest absolute Gasteiger partial charge is 0.137 e. The van der Waals surface area contributed by atoms with E-state index < -0.39 is 0 Å². The fraction of sp³-hybridized carbons (Fsp3) is 0. The van der Waals surface area contributed by atoms with Crippen molar-refractivity contribution in [1.82, 2.24) is 14.5 Å². The molecule has 0 aliphatic heterocycles. The monoisotopic (exact) mass is 386 g/mol. The third kappa shape index (κ3) is 1.96. The lowest BCUT2D eigenvalue weighted by Gasteiger charge is -2.08. The molecule has 2 N–H and O–H groups in total. The summed E-state index contributed by atoms with van der Waals surface area (Å²) in [5, 5.41) is 3.24. The van der Waals surface area contributed by atoms with Crippen molar-refractivity contribution in [3.05, 3.63) is 58.7 Å². The maximum absolute atomic E-state index is 6.11. The minimum Gasteiger partial charge on any atom is -0.398 e. The summed E-state index contributed by atoms with van der Waals surface area (Å²) >= 11 is 2.30. The molecule has 5 heteroatoms. The van der Waals surface area contributed by atoms with E-state index in [0.717, 1.165) is 36.8 Å². The van der Waals surface area contributed by atoms with E-state index in [9.17, 15) is 0 Å². The SMILES string of the molecule is Nc1ccc(I)c2cnc(-n3ccc4ccncc43)cc12. The van der Waals surface area contributed by atoms with Crippen molar-refractivity contribution in [1.29, 1.82) is 0 Å². The first kappa shape index (κ1) is 12.6. The van der Waals surface area contributed by atoms with Crippen LogP contribution in [0.2, 0.25) is 0 Å². The third-order valence-corrected chi connectivity index (χ3v) is 4.55. The molecule has 0 unspecified atom stereocenters. The van der Waals surface area contributed by atoms with Crippen LogP contribution in [0.5, 0.6) is 0 Å². The number of aromatic nitrogens is 3. The Kier molecular flexibility index (Phi) is 2.81. The molecule has 0 saturated heterocycles. The average Bonchev–Trinajstić information content (AvgIpc) is 2.95. The van der Waals surface area contributed by atoms with Crippen LogP contribution >= 0.6 is 22.6 Å². The number of fused-ring (bicyclic) bond motifs is 2. The summed E-state index contributed by atoms with van der Waals surface area (Å²) in [6.45, 7) is 0. The molecule has 0 aliphatic carbocycles. The van der Waals surface area contributed by atoms with Crippen molar-refractivity contribution in [3.63, 3.8) is 0 Å². The van der Waals surface area contributed by atoms with Gasteiger partial charge in [0.2, 0.25) is 0 Å². The highest BCUT2D eigenvalue weighted by atomic mass is 127. The molecular formula is C16H11IN4. The predicted octanol–water partition coefficient (Wildman–Crippen LogP) is 3.76. The van der Waals surface area contributed by atoms with Gasteiger partial charge in [-0.1, -0.05) is 0 Å². The van der Waals surface area contributed by atoms with Crippen molar-refractivity contribution < 1.29 is 0 Å². The summed E-state index contributed by atoms with van der Waals surface area (Å²) in [6.07, 6.45) is 7.52. The number of halogens is 1. The molecule has 0 spiro atoms. The van der Waals surface area contributed by atoms with Crippen LogP contribution in [0.25, 0.3) is 27.5 Å². The van der Waals surface area contributed by atoms with Crippen molar-refractivity contribution in [2.24, 2.45) is 0 Å². The van der Waals surface area contributed by atoms with E-state index in [2.05, 4.69) is 38.6 Å². The molecule has 3 heterocycles. The molecule has 0 radical (unpaired) electrons. The zero-order chi connectivity index (χ0) is 14.4. The average molecular weight is 386 g/mol. The standard InChI is InChI=1S/C16H11IN4/c17-13-1-2-14(18)11-7-16(20-8-12(11)13)21-6-4-10-3-5-19-9-15(10)21/h1-9H,18H2. The zero-order valence-electron chi connectivity index (χ0n) is 11.0. The molecule has 0 aliphatic rings. The van der Waals surface area contributed by atoms with Gasteiger partial charge in [-0.2, -0.15) is 0 Å². The van der Waals surface area contributed by atoms with E-state index >= 15 is 0 Å². The zero-order valence-corrected chi connectivity index (χ0v) is 13.2. The van der Waals surface area contributed by atoms with Gasteiger partial charge in [0.05, 0.1) is 11.7 Å². The Morgan fingerprint density at radius 2 is 1.95 bits per heavy atom. The maximum Gasteiger partial charge on any atom is 0.137 e. The molecule has 4 nitrogen and oxygen atoms in total. The van der Waals surface area contributed by atoms with E-state index in [1.165, 1.54) is 0 Å². The lowest BCUT2D eigenvalue weighted by atomic mass is 10.1. The third-order valence-electron chi connectivity index (χ3n) is 3.61. The van der Waals surface area contributed by atoms with Crippen LogP contribution in [-0.4, -0.2) is 14.5 Å². The van der Waals surface area contributed by atoms with Gasteiger partial charge in [0.25, 0.3) is 0 Å². The minimum absolute atomic E-state index is 0.767. The number of nitrogens with zero attached hydrogens (tertiary/aromatic N) is 3. The molecule has 1 aromatic carbocycles. The molecule has 3 aromatic heterocycles. The van der Waals surface area contributed by atoms with Gasteiger partial charge in [0.1, 0.15) is 5.82 Å². The fourth-order valence-electron chi connectivity index (χ4n) is 2.52. The summed E-state index contributed by atoms with van der Waals surface area (Å²) in [4.78, 5) is 8.77. The summed E-state index contributed by atoms with van der Waals surface area (Å²) < 4.78 is 3.18. The first-order chi connectivity index (χ1) is 10.2. The largest absolute Gasteiger partial charge is 0.398 e. The van der Waals surface area contributed by atoms with Crippen LogP contribution in [0.1, 0.15) is 0 Å². The molecule has 0 fully saturated rings. The van der Waals surface area contributed by atoms with Crippen LogP contribution < -0.4 is 5.73 Å². The van der Waals surface area contributed by atoms with Crippen LogP contribution in [-0.2, 0) is 0 Å². The summed E-state index contributed by atoms with van der Waals surface area (Å²) in [6, 6.07) is 10.0. The van der Waals surface area contributed by atoms with Crippen LogP contribution in [0.15, 0.2) is 55.1 Å². The quantitative estimate of drug-likeness (QED) is 0.400. The van der Waals surface area contributed by atoms with Gasteiger partial charge in [-0.3, -0.25) is 9.55 Å². The second-order valence-electron chi connectivity index (χ2n) is 4.84. The number of nitrogens with two attached hydrogens (primary N) is 1. The van der Waals surface area contributed by atoms with Gasteiger partial charge in [-0.25, -0.2) is 4.98 Å². The molecular weight excluding hydrogens is 375 g/mol. The Balaban J connectivity index is 2.01. The second-order valence-corrected chi connectivity index (χ2v) is 6.01. The van der Waals surface area contributed by atoms with E-state index in [0.29, 0.717) is 0 Å². The van der Waals surface area contributed by atoms with Gasteiger partial charge < -0.3 is 5.73 Å². The lowest BCUT2D eigenvalue weighted by Crippen LogP contribution is -1.97. The predicted molar refractivity (Wildman–Crippen MR) is 93.5 cm³/mol. The Morgan fingerprint density at radius 1 is 1.05 bits per heavy atom. The number of hydrogen-bond acceptors (Lipinski definition) is 3. The summed E-state index contributed by atoms with van der Waals surface area (Å²) in [7, 11) is 0. The first-order valence-corrected chi connectivity index (χ1v) is 7.57. The number of benzene rings is 1. The van der Waals surface area contributed by atoms with Crippen molar-refractivity contribution >= 4 is 50.0 Å². The molecule has 0 saturated carbocycles. The minimum atomic E-state index is 0.767. The van der Waals surface area contributed by atoms with Gasteiger partial charge in [-0.15, -0.1) is 0 Å². The molecule has 102 valence electrons. The van der Waals surface area contributed by atoms with Gasteiger partial charge >= 0.3 is 0 Å². The molecule has 21 heavy (non-hydrogen) atoms. The first-order valence-electron chi connectivity index (χ1n) is 6.49. The number of rotatable bonds is 1. The number of anilines is 1. The molecule has 4 aromatic rings. The second kappa shape index (κ2) is 4.70. The molecule has 0 bridgehead atoms. The van der Waals surface area contributed by atoms with E-state index in [1.54, 1.807) is 6.20 Å². The Hall–Kier alpha value is -2.15. The van der Waals surface area contributed by atoms with Crippen LogP contribution in [0.4, 0.5) is 5.69 Å². The highest BCUT2D eigenvalue weighted by Crippen LogP contribution is 2.28. The fourth-order valence-corrected chi connectivity index (χ4v) is 3.13. The molecule has 4 rings (SSSR count). The Labute approximate surface area is 134 Å². The van der Waals surface area contributed by atoms with Gasteiger partial charge in [-0.05, 0) is 52.9 Å². The van der Waals surface area contributed by atoms with Gasteiger partial charge in [0.15, 0.2) is 0 Å². The van der Waals surface area contributed by atoms with Crippen molar-refractivity contribution in [2.75, 3.05) is 5.73 Å². The van der Waals surface area contributed by atoms with E-state index in [-0.39, 0.29) is 0 Å². The Bertz CT molecular complexity index is 975. The highest BCUT2D eigenvalue weighted by Gasteiger charge is 2.08. The van der Waals surface area contributed by atoms with Crippen molar-refractivity contribution in [3.8, 4) is 5.82 Å². The molecule has 0 amide bonds. The van der Waals surface area contributed by atoms with Crippen LogP contribution in [0.3, 0.4) is 0 Å². The van der Waals surface area contributed by atoms with Crippen LogP contribution in [0, 0.1) is 3.57 Å². The Morgan fingerprint density at radius 3 is 2.86 bits per heavy atom. The topological polar surface area (TPSA) is 56.7 Å².